The third-order valence-electron chi connectivity index (χ3n) is 2.90. The van der Waals surface area contributed by atoms with Crippen LogP contribution in [0.2, 0.25) is 0 Å². The van der Waals surface area contributed by atoms with Crippen LogP contribution in [0, 0.1) is 17.1 Å². The summed E-state index contributed by atoms with van der Waals surface area (Å²) in [5, 5.41) is 22.5. The molecule has 112 valence electrons. The van der Waals surface area contributed by atoms with Gasteiger partial charge >= 0.3 is 0 Å². The number of nitrogens with one attached hydrogen (secondary N) is 2. The molecule has 0 fully saturated rings. The maximum absolute atomic E-state index is 13.2. The highest BCUT2D eigenvalue weighted by molar-refractivity contribution is 5.60. The molecule has 0 atom stereocenters. The van der Waals surface area contributed by atoms with Crippen LogP contribution in [0.4, 0.5) is 27.5 Å². The normalized spacial score (nSPS) is 9.91. The number of aromatic nitrogens is 3. The summed E-state index contributed by atoms with van der Waals surface area (Å²) in [5.41, 5.74) is 1.77. The minimum absolute atomic E-state index is 0.233. The summed E-state index contributed by atoms with van der Waals surface area (Å²) in [6, 6.07) is 15.0. The Balaban J connectivity index is 1.78. The van der Waals surface area contributed by atoms with Crippen LogP contribution >= 0.6 is 0 Å². The molecule has 7 heteroatoms. The highest BCUT2D eigenvalue weighted by atomic mass is 19.1. The number of halogens is 1. The molecule has 0 aliphatic carbocycles. The van der Waals surface area contributed by atoms with Gasteiger partial charge in [-0.25, -0.2) is 4.39 Å². The molecule has 23 heavy (non-hydrogen) atoms. The lowest BCUT2D eigenvalue weighted by Gasteiger charge is -2.08. The van der Waals surface area contributed by atoms with Crippen molar-refractivity contribution in [3.05, 3.63) is 66.1 Å². The van der Waals surface area contributed by atoms with Crippen molar-refractivity contribution in [3.8, 4) is 6.07 Å². The summed E-state index contributed by atoms with van der Waals surface area (Å²) in [6.07, 6.45) is 1.45. The van der Waals surface area contributed by atoms with Crippen LogP contribution in [-0.4, -0.2) is 15.2 Å². The van der Waals surface area contributed by atoms with Crippen LogP contribution in [-0.2, 0) is 0 Å². The number of nitrogens with zero attached hydrogens (tertiary/aromatic N) is 4. The van der Waals surface area contributed by atoms with Crippen molar-refractivity contribution < 1.29 is 4.39 Å². The zero-order chi connectivity index (χ0) is 16.1. The van der Waals surface area contributed by atoms with Crippen LogP contribution in [0.15, 0.2) is 54.7 Å². The lowest BCUT2D eigenvalue weighted by atomic mass is 10.2. The van der Waals surface area contributed by atoms with Crippen LogP contribution in [0.3, 0.4) is 0 Å². The van der Waals surface area contributed by atoms with Gasteiger partial charge in [-0.1, -0.05) is 12.1 Å². The van der Waals surface area contributed by atoms with Gasteiger partial charge in [0.05, 0.1) is 17.8 Å². The van der Waals surface area contributed by atoms with E-state index in [0.29, 0.717) is 22.8 Å². The molecule has 1 aromatic heterocycles. The second-order valence-electron chi connectivity index (χ2n) is 4.62. The predicted octanol–water partition coefficient (Wildman–Crippen LogP) is 3.37. The van der Waals surface area contributed by atoms with Crippen molar-refractivity contribution in [1.82, 2.24) is 15.2 Å². The molecule has 3 rings (SSSR count). The average molecular weight is 306 g/mol. The predicted molar refractivity (Wildman–Crippen MR) is 83.9 cm³/mol. The van der Waals surface area contributed by atoms with Gasteiger partial charge in [0.25, 0.3) is 0 Å². The number of rotatable bonds is 4. The SMILES string of the molecule is N#Cc1cccc(Nc2cnnc(Nc3cccc(F)c3)n2)c1. The number of hydrogen-bond acceptors (Lipinski definition) is 6. The number of nitriles is 1. The Kier molecular flexibility index (Phi) is 4.07. The maximum atomic E-state index is 13.2. The molecular formula is C16H11FN6. The maximum Gasteiger partial charge on any atom is 0.249 e. The fourth-order valence-electron chi connectivity index (χ4n) is 1.93. The zero-order valence-corrected chi connectivity index (χ0v) is 11.9. The van der Waals surface area contributed by atoms with Gasteiger partial charge in [-0.2, -0.15) is 15.3 Å². The number of benzene rings is 2. The Labute approximate surface area is 131 Å². The first-order chi connectivity index (χ1) is 11.2. The Morgan fingerprint density at radius 2 is 1.78 bits per heavy atom. The third-order valence-corrected chi connectivity index (χ3v) is 2.90. The molecule has 6 nitrogen and oxygen atoms in total. The van der Waals surface area contributed by atoms with Gasteiger partial charge in [0, 0.05) is 11.4 Å². The molecule has 0 amide bonds. The van der Waals surface area contributed by atoms with E-state index >= 15 is 0 Å². The summed E-state index contributed by atoms with van der Waals surface area (Å²) in [4.78, 5) is 4.25. The van der Waals surface area contributed by atoms with Gasteiger partial charge in [0.15, 0.2) is 5.82 Å². The lowest BCUT2D eigenvalue weighted by Crippen LogP contribution is -2.02. The first-order valence-corrected chi connectivity index (χ1v) is 6.72. The molecular weight excluding hydrogens is 295 g/mol. The van der Waals surface area contributed by atoms with Crippen molar-refractivity contribution >= 4 is 23.1 Å². The minimum atomic E-state index is -0.356. The molecule has 0 saturated carbocycles. The Hall–Kier alpha value is -3.53. The Morgan fingerprint density at radius 3 is 2.57 bits per heavy atom. The molecule has 0 radical (unpaired) electrons. The van der Waals surface area contributed by atoms with E-state index in [1.807, 2.05) is 6.07 Å². The van der Waals surface area contributed by atoms with Crippen LogP contribution in [0.5, 0.6) is 0 Å². The highest BCUT2D eigenvalue weighted by Crippen LogP contribution is 2.18. The van der Waals surface area contributed by atoms with Crippen LogP contribution < -0.4 is 10.6 Å². The lowest BCUT2D eigenvalue weighted by molar-refractivity contribution is 0.628. The van der Waals surface area contributed by atoms with E-state index in [-0.39, 0.29) is 11.8 Å². The minimum Gasteiger partial charge on any atom is -0.339 e. The summed E-state index contributed by atoms with van der Waals surface area (Å²) < 4.78 is 13.2. The highest BCUT2D eigenvalue weighted by Gasteiger charge is 2.03. The first-order valence-electron chi connectivity index (χ1n) is 6.72. The zero-order valence-electron chi connectivity index (χ0n) is 11.9. The van der Waals surface area contributed by atoms with E-state index in [4.69, 9.17) is 5.26 Å². The molecule has 0 spiro atoms. The molecule has 0 aliphatic rings. The van der Waals surface area contributed by atoms with E-state index in [2.05, 4.69) is 31.9 Å². The Morgan fingerprint density at radius 1 is 1.00 bits per heavy atom. The second kappa shape index (κ2) is 6.49. The van der Waals surface area contributed by atoms with E-state index in [9.17, 15) is 4.39 Å². The molecule has 2 N–H and O–H groups in total. The molecule has 0 saturated heterocycles. The fraction of sp³-hybridized carbons (Fsp3) is 0. The van der Waals surface area contributed by atoms with Crippen LogP contribution in [0.1, 0.15) is 5.56 Å². The molecule has 0 aliphatic heterocycles. The summed E-state index contributed by atoms with van der Waals surface area (Å²) in [5.74, 6) is 0.330. The van der Waals surface area contributed by atoms with E-state index in [1.165, 1.54) is 18.3 Å². The van der Waals surface area contributed by atoms with Gasteiger partial charge in [-0.05, 0) is 36.4 Å². The van der Waals surface area contributed by atoms with E-state index in [0.717, 1.165) is 0 Å². The smallest absolute Gasteiger partial charge is 0.249 e. The molecule has 1 heterocycles. The van der Waals surface area contributed by atoms with E-state index in [1.54, 1.807) is 30.3 Å². The van der Waals surface area contributed by atoms with Crippen molar-refractivity contribution in [3.63, 3.8) is 0 Å². The van der Waals surface area contributed by atoms with Crippen molar-refractivity contribution in [2.45, 2.75) is 0 Å². The number of anilines is 4. The monoisotopic (exact) mass is 306 g/mol. The summed E-state index contributed by atoms with van der Waals surface area (Å²) >= 11 is 0. The summed E-state index contributed by atoms with van der Waals surface area (Å²) in [7, 11) is 0. The standard InChI is InChI=1S/C16H11FN6/c17-12-4-2-6-14(8-12)21-16-22-15(10-19-23-16)20-13-5-1-3-11(7-13)9-18/h1-8,10H,(H2,20,21,22,23). The van der Waals surface area contributed by atoms with E-state index < -0.39 is 0 Å². The van der Waals surface area contributed by atoms with Gasteiger partial charge < -0.3 is 10.6 Å². The Bertz CT molecular complexity index is 874. The fourth-order valence-corrected chi connectivity index (χ4v) is 1.93. The van der Waals surface area contributed by atoms with Crippen molar-refractivity contribution in [1.29, 1.82) is 5.26 Å². The third kappa shape index (κ3) is 3.77. The quantitative estimate of drug-likeness (QED) is 0.768. The molecule has 0 bridgehead atoms. The van der Waals surface area contributed by atoms with Crippen molar-refractivity contribution in [2.75, 3.05) is 10.6 Å². The second-order valence-corrected chi connectivity index (χ2v) is 4.62. The van der Waals surface area contributed by atoms with Crippen molar-refractivity contribution in [2.24, 2.45) is 0 Å². The van der Waals surface area contributed by atoms with Gasteiger partial charge in [-0.3, -0.25) is 0 Å². The molecule has 2 aromatic carbocycles. The summed E-state index contributed by atoms with van der Waals surface area (Å²) in [6.45, 7) is 0. The van der Waals surface area contributed by atoms with Crippen LogP contribution in [0.25, 0.3) is 0 Å². The molecule has 3 aromatic rings. The first kappa shape index (κ1) is 14.4. The molecule has 0 unspecified atom stereocenters. The van der Waals surface area contributed by atoms with Gasteiger partial charge in [0.1, 0.15) is 5.82 Å². The van der Waals surface area contributed by atoms with Gasteiger partial charge in [-0.15, -0.1) is 5.10 Å². The topological polar surface area (TPSA) is 86.5 Å². The average Bonchev–Trinajstić information content (AvgIpc) is 2.55. The largest absolute Gasteiger partial charge is 0.339 e. The van der Waals surface area contributed by atoms with Gasteiger partial charge in [0.2, 0.25) is 5.95 Å². The number of hydrogen-bond donors (Lipinski definition) is 2.